The van der Waals surface area contributed by atoms with Crippen LogP contribution in [0.1, 0.15) is 110 Å². The van der Waals surface area contributed by atoms with Gasteiger partial charge in [-0.3, -0.25) is 0 Å². The molecule has 0 saturated carbocycles. The van der Waals surface area contributed by atoms with Gasteiger partial charge in [-0.1, -0.05) is 84.0 Å². The highest BCUT2D eigenvalue weighted by Gasteiger charge is 2.02. The molecular weight excluding hydrogens is 374 g/mol. The maximum atomic E-state index is 11.7. The third kappa shape index (κ3) is 16.3. The van der Waals surface area contributed by atoms with Gasteiger partial charge in [-0.15, -0.1) is 0 Å². The summed E-state index contributed by atoms with van der Waals surface area (Å²) >= 11 is 0. The van der Waals surface area contributed by atoms with Crippen molar-refractivity contribution in [2.75, 3.05) is 13.2 Å². The predicted octanol–water partition coefficient (Wildman–Crippen LogP) is 6.30. The number of nitrogens with zero attached hydrogens (tertiary/aromatic N) is 2. The molecule has 0 aliphatic rings. The van der Waals surface area contributed by atoms with E-state index in [0.29, 0.717) is 6.61 Å². The van der Waals surface area contributed by atoms with Gasteiger partial charge in [0.2, 0.25) is 6.33 Å². The second kappa shape index (κ2) is 19.4. The monoisotopic (exact) mass is 422 g/mol. The zero-order valence-electron chi connectivity index (χ0n) is 19.9. The molecule has 1 rings (SSSR count). The summed E-state index contributed by atoms with van der Waals surface area (Å²) in [6.07, 6.45) is 26.4. The molecule has 5 heteroatoms. The first-order valence-electron chi connectivity index (χ1n) is 12.6. The van der Waals surface area contributed by atoms with Gasteiger partial charge in [0.05, 0.1) is 20.2 Å². The molecule has 0 unspecified atom stereocenters. The summed E-state index contributed by atoms with van der Waals surface area (Å²) in [5.41, 5.74) is 0. The van der Waals surface area contributed by atoms with Crippen molar-refractivity contribution >= 4 is 6.09 Å². The Kier molecular flexibility index (Phi) is 17.2. The minimum atomic E-state index is -0.252. The SMILES string of the molecule is CCCCCCCCCCCCCCOC(=O)NCCCCCCn1cc[n+](C)c1. The second-order valence-electron chi connectivity index (χ2n) is 8.68. The highest BCUT2D eigenvalue weighted by atomic mass is 16.5. The summed E-state index contributed by atoms with van der Waals surface area (Å²) in [7, 11) is 2.04. The molecule has 0 aliphatic heterocycles. The van der Waals surface area contributed by atoms with Crippen LogP contribution in [0.5, 0.6) is 0 Å². The maximum Gasteiger partial charge on any atom is 0.407 e. The number of alkyl carbamates (subject to hydrolysis) is 1. The lowest BCUT2D eigenvalue weighted by Gasteiger charge is -2.07. The number of amides is 1. The lowest BCUT2D eigenvalue weighted by molar-refractivity contribution is -0.671. The van der Waals surface area contributed by atoms with Crippen LogP contribution in [0.3, 0.4) is 0 Å². The first kappa shape index (κ1) is 26.5. The van der Waals surface area contributed by atoms with Crippen molar-refractivity contribution in [3.63, 3.8) is 0 Å². The second-order valence-corrected chi connectivity index (χ2v) is 8.68. The molecule has 1 heterocycles. The van der Waals surface area contributed by atoms with Crippen LogP contribution in [0.15, 0.2) is 18.7 Å². The zero-order valence-corrected chi connectivity index (χ0v) is 19.9. The van der Waals surface area contributed by atoms with Crippen molar-refractivity contribution in [2.24, 2.45) is 7.05 Å². The molecule has 174 valence electrons. The highest BCUT2D eigenvalue weighted by molar-refractivity contribution is 5.66. The molecular formula is C25H48N3O2+. The minimum absolute atomic E-state index is 0.252. The van der Waals surface area contributed by atoms with Crippen molar-refractivity contribution < 1.29 is 14.1 Å². The molecule has 0 saturated heterocycles. The molecule has 1 N–H and O–H groups in total. The van der Waals surface area contributed by atoms with E-state index in [-0.39, 0.29) is 6.09 Å². The van der Waals surface area contributed by atoms with Crippen LogP contribution in [-0.4, -0.2) is 23.8 Å². The first-order chi connectivity index (χ1) is 14.7. The Labute approximate surface area is 185 Å². The number of aromatic nitrogens is 2. The largest absolute Gasteiger partial charge is 0.450 e. The fourth-order valence-electron chi connectivity index (χ4n) is 3.76. The van der Waals surface area contributed by atoms with E-state index in [4.69, 9.17) is 4.74 Å². The van der Waals surface area contributed by atoms with E-state index >= 15 is 0 Å². The molecule has 0 aliphatic carbocycles. The molecule has 30 heavy (non-hydrogen) atoms. The van der Waals surface area contributed by atoms with Crippen molar-refractivity contribution in [1.29, 1.82) is 0 Å². The molecule has 0 bridgehead atoms. The fraction of sp³-hybridized carbons (Fsp3) is 0.840. The number of carbonyl (C=O) groups excluding carboxylic acids is 1. The smallest absolute Gasteiger partial charge is 0.407 e. The Morgan fingerprint density at radius 3 is 2.00 bits per heavy atom. The number of hydrogen-bond donors (Lipinski definition) is 1. The third-order valence-corrected chi connectivity index (χ3v) is 5.67. The van der Waals surface area contributed by atoms with Crippen molar-refractivity contribution in [3.05, 3.63) is 18.7 Å². The normalized spacial score (nSPS) is 11.0. The van der Waals surface area contributed by atoms with Crippen LogP contribution in [0.2, 0.25) is 0 Å². The van der Waals surface area contributed by atoms with Gasteiger partial charge in [0.15, 0.2) is 0 Å². The number of imidazole rings is 1. The van der Waals surface area contributed by atoms with E-state index in [9.17, 15) is 4.79 Å². The molecule has 0 atom stereocenters. The van der Waals surface area contributed by atoms with Gasteiger partial charge >= 0.3 is 6.09 Å². The lowest BCUT2D eigenvalue weighted by atomic mass is 10.1. The number of ether oxygens (including phenoxy) is 1. The Hall–Kier alpha value is -1.52. The van der Waals surface area contributed by atoms with E-state index in [2.05, 4.69) is 40.1 Å². The summed E-state index contributed by atoms with van der Waals surface area (Å²) in [6.45, 7) is 4.61. The van der Waals surface area contributed by atoms with E-state index in [1.54, 1.807) is 0 Å². The average Bonchev–Trinajstić information content (AvgIpc) is 3.15. The van der Waals surface area contributed by atoms with Crippen molar-refractivity contribution in [1.82, 2.24) is 9.88 Å². The third-order valence-electron chi connectivity index (χ3n) is 5.67. The Bertz CT molecular complexity index is 516. The lowest BCUT2D eigenvalue weighted by Crippen LogP contribution is -2.25. The van der Waals surface area contributed by atoms with Crippen LogP contribution in [0.25, 0.3) is 0 Å². The number of unbranched alkanes of at least 4 members (excludes halogenated alkanes) is 14. The van der Waals surface area contributed by atoms with Gasteiger partial charge in [0.25, 0.3) is 0 Å². The maximum absolute atomic E-state index is 11.7. The predicted molar refractivity (Wildman–Crippen MR) is 125 cm³/mol. The van der Waals surface area contributed by atoms with Crippen LogP contribution in [0, 0.1) is 0 Å². The van der Waals surface area contributed by atoms with Gasteiger partial charge in [0.1, 0.15) is 12.4 Å². The fourth-order valence-corrected chi connectivity index (χ4v) is 3.76. The number of aryl methyl sites for hydroxylation is 2. The number of rotatable bonds is 20. The first-order valence-corrected chi connectivity index (χ1v) is 12.6. The summed E-state index contributed by atoms with van der Waals surface area (Å²) < 4.78 is 9.54. The molecule has 0 fully saturated rings. The zero-order chi connectivity index (χ0) is 21.7. The summed E-state index contributed by atoms with van der Waals surface area (Å²) in [4.78, 5) is 11.7. The molecule has 5 nitrogen and oxygen atoms in total. The van der Waals surface area contributed by atoms with Crippen LogP contribution in [0.4, 0.5) is 4.79 Å². The van der Waals surface area contributed by atoms with E-state index < -0.39 is 0 Å². The van der Waals surface area contributed by atoms with Crippen molar-refractivity contribution in [3.8, 4) is 0 Å². The standard InChI is InChI=1S/C25H47N3O2/c1-3-4-5-6-7-8-9-10-11-12-15-18-23-30-25(29)26-19-16-13-14-17-20-28-22-21-27(2)24-28/h21-22,24H,3-20,23H2,1-2H3/p+1. The van der Waals surface area contributed by atoms with E-state index in [1.807, 2.05) is 7.05 Å². The van der Waals surface area contributed by atoms with Crippen LogP contribution < -0.4 is 9.88 Å². The van der Waals surface area contributed by atoms with Gasteiger partial charge in [-0.25, -0.2) is 13.9 Å². The molecule has 1 aromatic heterocycles. The Morgan fingerprint density at radius 2 is 1.40 bits per heavy atom. The topological polar surface area (TPSA) is 47.1 Å². The highest BCUT2D eigenvalue weighted by Crippen LogP contribution is 2.12. The Balaban J connectivity index is 1.75. The quantitative estimate of drug-likeness (QED) is 0.198. The average molecular weight is 423 g/mol. The minimum Gasteiger partial charge on any atom is -0.450 e. The number of carbonyl (C=O) groups is 1. The van der Waals surface area contributed by atoms with Crippen LogP contribution in [-0.2, 0) is 18.3 Å². The summed E-state index contributed by atoms with van der Waals surface area (Å²) in [6, 6.07) is 0. The number of nitrogens with one attached hydrogen (secondary N) is 1. The molecule has 0 spiro atoms. The van der Waals surface area contributed by atoms with Gasteiger partial charge in [-0.2, -0.15) is 0 Å². The molecule has 1 amide bonds. The van der Waals surface area contributed by atoms with Crippen molar-refractivity contribution in [2.45, 2.75) is 116 Å². The summed E-state index contributed by atoms with van der Waals surface area (Å²) in [5.74, 6) is 0. The Morgan fingerprint density at radius 1 is 0.833 bits per heavy atom. The summed E-state index contributed by atoms with van der Waals surface area (Å²) in [5, 5.41) is 2.87. The van der Waals surface area contributed by atoms with Gasteiger partial charge in [0, 0.05) is 6.54 Å². The molecule has 0 radical (unpaired) electrons. The van der Waals surface area contributed by atoms with E-state index in [1.165, 1.54) is 83.5 Å². The van der Waals surface area contributed by atoms with E-state index in [0.717, 1.165) is 32.4 Å². The number of hydrogen-bond acceptors (Lipinski definition) is 2. The van der Waals surface area contributed by atoms with Gasteiger partial charge in [-0.05, 0) is 25.7 Å². The molecule has 0 aromatic carbocycles. The molecule has 1 aromatic rings. The van der Waals surface area contributed by atoms with Gasteiger partial charge < -0.3 is 10.1 Å². The van der Waals surface area contributed by atoms with Crippen LogP contribution >= 0.6 is 0 Å².